The van der Waals surface area contributed by atoms with Gasteiger partial charge in [-0.1, -0.05) is 19.8 Å². The summed E-state index contributed by atoms with van der Waals surface area (Å²) in [6.45, 7) is 1.94. The average Bonchev–Trinajstić information content (AvgIpc) is 2.28. The molecule has 0 atom stereocenters. The SMILES string of the molecule is CCCCCc1c(N)c(F)c(F)c(F)c1F. The largest absolute Gasteiger partial charge is 0.396 e. The van der Waals surface area contributed by atoms with E-state index >= 15 is 0 Å². The third-order valence-electron chi connectivity index (χ3n) is 2.43. The van der Waals surface area contributed by atoms with Crippen LogP contribution in [0.25, 0.3) is 0 Å². The fourth-order valence-corrected chi connectivity index (χ4v) is 1.49. The molecular formula is C11H13F4N. The molecule has 0 heterocycles. The zero-order chi connectivity index (χ0) is 12.3. The summed E-state index contributed by atoms with van der Waals surface area (Å²) >= 11 is 0. The molecule has 0 aliphatic rings. The molecule has 0 aliphatic carbocycles. The topological polar surface area (TPSA) is 26.0 Å². The van der Waals surface area contributed by atoms with Gasteiger partial charge in [-0.3, -0.25) is 0 Å². The van der Waals surface area contributed by atoms with Gasteiger partial charge in [0.1, 0.15) is 0 Å². The minimum Gasteiger partial charge on any atom is -0.396 e. The average molecular weight is 235 g/mol. The van der Waals surface area contributed by atoms with E-state index < -0.39 is 29.0 Å². The monoisotopic (exact) mass is 235 g/mol. The first-order chi connectivity index (χ1) is 7.50. The molecule has 0 bridgehead atoms. The van der Waals surface area contributed by atoms with E-state index in [1.807, 2.05) is 6.92 Å². The van der Waals surface area contributed by atoms with Crippen molar-refractivity contribution in [2.45, 2.75) is 32.6 Å². The molecule has 0 spiro atoms. The summed E-state index contributed by atoms with van der Waals surface area (Å²) in [6.07, 6.45) is 2.34. The van der Waals surface area contributed by atoms with Crippen molar-refractivity contribution in [1.29, 1.82) is 0 Å². The van der Waals surface area contributed by atoms with Crippen molar-refractivity contribution < 1.29 is 17.6 Å². The van der Waals surface area contributed by atoms with Gasteiger partial charge in [-0.2, -0.15) is 0 Å². The van der Waals surface area contributed by atoms with E-state index in [1.165, 1.54) is 0 Å². The van der Waals surface area contributed by atoms with Crippen LogP contribution in [0.3, 0.4) is 0 Å². The standard InChI is InChI=1S/C11H13F4N/c1-2-3-4-5-6-7(12)8(13)9(14)10(15)11(6)16/h2-5,16H2,1H3. The molecule has 0 amide bonds. The molecule has 0 unspecified atom stereocenters. The molecule has 0 aliphatic heterocycles. The number of nitrogens with two attached hydrogens (primary N) is 1. The second kappa shape index (κ2) is 5.18. The quantitative estimate of drug-likeness (QED) is 0.279. The zero-order valence-electron chi connectivity index (χ0n) is 8.92. The second-order valence-electron chi connectivity index (χ2n) is 3.61. The van der Waals surface area contributed by atoms with Crippen LogP contribution in [0.15, 0.2) is 0 Å². The van der Waals surface area contributed by atoms with Crippen LogP contribution in [-0.2, 0) is 6.42 Å². The first-order valence-electron chi connectivity index (χ1n) is 5.11. The summed E-state index contributed by atoms with van der Waals surface area (Å²) in [5, 5.41) is 0. The van der Waals surface area contributed by atoms with E-state index in [-0.39, 0.29) is 12.0 Å². The van der Waals surface area contributed by atoms with Crippen molar-refractivity contribution in [3.05, 3.63) is 28.8 Å². The van der Waals surface area contributed by atoms with Crippen LogP contribution >= 0.6 is 0 Å². The van der Waals surface area contributed by atoms with Crippen molar-refractivity contribution in [2.24, 2.45) is 0 Å². The van der Waals surface area contributed by atoms with Gasteiger partial charge in [0.25, 0.3) is 0 Å². The Morgan fingerprint density at radius 3 is 2.00 bits per heavy atom. The highest BCUT2D eigenvalue weighted by molar-refractivity contribution is 5.49. The van der Waals surface area contributed by atoms with Gasteiger partial charge in [0.15, 0.2) is 23.3 Å². The van der Waals surface area contributed by atoms with Gasteiger partial charge in [-0.25, -0.2) is 17.6 Å². The normalized spacial score (nSPS) is 10.8. The first kappa shape index (κ1) is 12.8. The van der Waals surface area contributed by atoms with Gasteiger partial charge >= 0.3 is 0 Å². The number of rotatable bonds is 4. The number of nitrogen functional groups attached to an aromatic ring is 1. The van der Waals surface area contributed by atoms with Crippen molar-refractivity contribution in [2.75, 3.05) is 5.73 Å². The maximum absolute atomic E-state index is 13.3. The van der Waals surface area contributed by atoms with Gasteiger partial charge in [0.05, 0.1) is 5.69 Å². The van der Waals surface area contributed by atoms with Gasteiger partial charge in [-0.05, 0) is 12.8 Å². The number of unbranched alkanes of at least 4 members (excludes halogenated alkanes) is 2. The number of hydrogen-bond donors (Lipinski definition) is 1. The Hall–Kier alpha value is -1.26. The van der Waals surface area contributed by atoms with E-state index in [0.29, 0.717) is 6.42 Å². The number of anilines is 1. The molecule has 16 heavy (non-hydrogen) atoms. The molecule has 0 radical (unpaired) electrons. The molecule has 1 nitrogen and oxygen atoms in total. The molecule has 1 aromatic rings. The lowest BCUT2D eigenvalue weighted by Gasteiger charge is -2.09. The lowest BCUT2D eigenvalue weighted by molar-refractivity contribution is 0.405. The van der Waals surface area contributed by atoms with Crippen LogP contribution in [0.5, 0.6) is 0 Å². The maximum Gasteiger partial charge on any atom is 0.199 e. The summed E-state index contributed by atoms with van der Waals surface area (Å²) in [5.74, 6) is -6.54. The summed E-state index contributed by atoms with van der Waals surface area (Å²) in [6, 6.07) is 0. The van der Waals surface area contributed by atoms with Crippen LogP contribution in [-0.4, -0.2) is 0 Å². The third-order valence-corrected chi connectivity index (χ3v) is 2.43. The number of halogens is 4. The predicted octanol–water partition coefficient (Wildman–Crippen LogP) is 3.56. The van der Waals surface area contributed by atoms with Crippen molar-refractivity contribution >= 4 is 5.69 Å². The molecule has 0 aromatic heterocycles. The maximum atomic E-state index is 13.3. The van der Waals surface area contributed by atoms with Gasteiger partial charge in [-0.15, -0.1) is 0 Å². The van der Waals surface area contributed by atoms with Crippen molar-refractivity contribution in [1.82, 2.24) is 0 Å². The zero-order valence-corrected chi connectivity index (χ0v) is 8.92. The van der Waals surface area contributed by atoms with E-state index in [4.69, 9.17) is 5.73 Å². The summed E-state index contributed by atoms with van der Waals surface area (Å²) in [5.41, 5.74) is 4.31. The van der Waals surface area contributed by atoms with Crippen LogP contribution in [0.1, 0.15) is 31.7 Å². The lowest BCUT2D eigenvalue weighted by Crippen LogP contribution is -2.08. The van der Waals surface area contributed by atoms with E-state index in [0.717, 1.165) is 12.8 Å². The van der Waals surface area contributed by atoms with Crippen LogP contribution < -0.4 is 5.73 Å². The molecule has 0 saturated heterocycles. The summed E-state index contributed by atoms with van der Waals surface area (Å²) in [4.78, 5) is 0. The van der Waals surface area contributed by atoms with E-state index in [1.54, 1.807) is 0 Å². The smallest absolute Gasteiger partial charge is 0.199 e. The van der Waals surface area contributed by atoms with Crippen molar-refractivity contribution in [3.8, 4) is 0 Å². The Morgan fingerprint density at radius 2 is 1.44 bits per heavy atom. The molecule has 5 heteroatoms. The fraction of sp³-hybridized carbons (Fsp3) is 0.455. The first-order valence-corrected chi connectivity index (χ1v) is 5.11. The number of benzene rings is 1. The Kier molecular flexibility index (Phi) is 4.15. The molecule has 1 rings (SSSR count). The van der Waals surface area contributed by atoms with Gasteiger partial charge in [0.2, 0.25) is 0 Å². The van der Waals surface area contributed by atoms with Crippen LogP contribution in [0.4, 0.5) is 23.2 Å². The number of hydrogen-bond acceptors (Lipinski definition) is 1. The molecule has 90 valence electrons. The minimum absolute atomic E-state index is 0.111. The molecular weight excluding hydrogens is 222 g/mol. The Bertz CT molecular complexity index is 361. The molecule has 2 N–H and O–H groups in total. The molecule has 0 saturated carbocycles. The van der Waals surface area contributed by atoms with Gasteiger partial charge < -0.3 is 5.73 Å². The third kappa shape index (κ3) is 2.28. The summed E-state index contributed by atoms with van der Waals surface area (Å²) < 4.78 is 51.9. The van der Waals surface area contributed by atoms with Gasteiger partial charge in [0, 0.05) is 5.56 Å². The Labute approximate surface area is 91.3 Å². The highest BCUT2D eigenvalue weighted by atomic mass is 19.2. The van der Waals surface area contributed by atoms with Crippen LogP contribution in [0, 0.1) is 23.3 Å². The minimum atomic E-state index is -1.85. The molecule has 1 aromatic carbocycles. The van der Waals surface area contributed by atoms with Crippen LogP contribution in [0.2, 0.25) is 0 Å². The predicted molar refractivity (Wildman–Crippen MR) is 53.9 cm³/mol. The summed E-state index contributed by atoms with van der Waals surface area (Å²) in [7, 11) is 0. The van der Waals surface area contributed by atoms with Crippen molar-refractivity contribution in [3.63, 3.8) is 0 Å². The Morgan fingerprint density at radius 1 is 0.875 bits per heavy atom. The Balaban J connectivity index is 3.08. The lowest BCUT2D eigenvalue weighted by atomic mass is 10.0. The highest BCUT2D eigenvalue weighted by Crippen LogP contribution is 2.27. The fourth-order valence-electron chi connectivity index (χ4n) is 1.49. The van der Waals surface area contributed by atoms with E-state index in [2.05, 4.69) is 0 Å². The highest BCUT2D eigenvalue weighted by Gasteiger charge is 2.22. The van der Waals surface area contributed by atoms with E-state index in [9.17, 15) is 17.6 Å². The second-order valence-corrected chi connectivity index (χ2v) is 3.61. The molecule has 0 fully saturated rings.